The molecule has 1 aliphatic rings. The normalized spacial score (nSPS) is 15.6. The minimum atomic E-state index is -0.644. The number of hydrogen-bond acceptors (Lipinski definition) is 6. The molecular formula is C18H18ClFN6O2. The van der Waals surface area contributed by atoms with Crippen molar-refractivity contribution in [3.05, 3.63) is 35.5 Å². The zero-order chi connectivity index (χ0) is 19.7. The van der Waals surface area contributed by atoms with Crippen molar-refractivity contribution >= 4 is 34.4 Å². The molecule has 1 fully saturated rings. The number of rotatable bonds is 4. The van der Waals surface area contributed by atoms with E-state index in [1.165, 1.54) is 6.20 Å². The Hall–Kier alpha value is -2.78. The Morgan fingerprint density at radius 3 is 2.93 bits per heavy atom. The number of pyridine rings is 1. The van der Waals surface area contributed by atoms with E-state index in [4.69, 9.17) is 16.3 Å². The number of halogens is 2. The third-order valence-corrected chi connectivity index (χ3v) is 4.74. The summed E-state index contributed by atoms with van der Waals surface area (Å²) in [4.78, 5) is 29.8. The second kappa shape index (κ2) is 7.69. The highest BCUT2D eigenvalue weighted by atomic mass is 35.5. The Balaban J connectivity index is 1.60. The summed E-state index contributed by atoms with van der Waals surface area (Å²) in [5.41, 5.74) is 1.26. The van der Waals surface area contributed by atoms with E-state index in [-0.39, 0.29) is 11.7 Å². The van der Waals surface area contributed by atoms with Gasteiger partial charge in [-0.3, -0.25) is 4.79 Å². The molecule has 4 rings (SSSR count). The SMILES string of the molecule is C[C@H](Nc1nc(-c2c[nH]c3ncc(Cl)cc23)ncc1F)C(=O)N1CCOCC1. The molecule has 3 aromatic heterocycles. The highest BCUT2D eigenvalue weighted by Crippen LogP contribution is 2.28. The maximum absolute atomic E-state index is 14.3. The maximum atomic E-state index is 14.3. The van der Waals surface area contributed by atoms with E-state index in [1.807, 2.05) is 0 Å². The molecule has 0 aromatic carbocycles. The summed E-state index contributed by atoms with van der Waals surface area (Å²) in [6, 6.07) is 1.09. The number of carbonyl (C=O) groups is 1. The van der Waals surface area contributed by atoms with Crippen molar-refractivity contribution in [1.82, 2.24) is 24.8 Å². The summed E-state index contributed by atoms with van der Waals surface area (Å²) in [5, 5.41) is 4.05. The van der Waals surface area contributed by atoms with Crippen molar-refractivity contribution in [3.8, 4) is 11.4 Å². The summed E-state index contributed by atoms with van der Waals surface area (Å²) >= 11 is 6.03. The fourth-order valence-corrected chi connectivity index (χ4v) is 3.24. The molecule has 0 saturated carbocycles. The topological polar surface area (TPSA) is 96.0 Å². The molecule has 0 aliphatic carbocycles. The molecule has 1 saturated heterocycles. The van der Waals surface area contributed by atoms with E-state index in [0.29, 0.717) is 48.4 Å². The lowest BCUT2D eigenvalue weighted by molar-refractivity contribution is -0.135. The zero-order valence-corrected chi connectivity index (χ0v) is 15.8. The van der Waals surface area contributed by atoms with E-state index in [1.54, 1.807) is 24.1 Å². The van der Waals surface area contributed by atoms with Crippen LogP contribution in [0.25, 0.3) is 22.4 Å². The largest absolute Gasteiger partial charge is 0.378 e. The van der Waals surface area contributed by atoms with Crippen LogP contribution < -0.4 is 5.32 Å². The van der Waals surface area contributed by atoms with Gasteiger partial charge in [0.1, 0.15) is 11.7 Å². The Labute approximate surface area is 165 Å². The van der Waals surface area contributed by atoms with Crippen LogP contribution in [-0.4, -0.2) is 63.1 Å². The van der Waals surface area contributed by atoms with Crippen LogP contribution in [0.5, 0.6) is 0 Å². The summed E-state index contributed by atoms with van der Waals surface area (Å²) < 4.78 is 19.5. The molecule has 0 radical (unpaired) electrons. The van der Waals surface area contributed by atoms with E-state index in [0.717, 1.165) is 11.6 Å². The minimum absolute atomic E-state index is 0.0385. The third kappa shape index (κ3) is 3.63. The van der Waals surface area contributed by atoms with Gasteiger partial charge in [-0.2, -0.15) is 0 Å². The van der Waals surface area contributed by atoms with Crippen LogP contribution in [0.2, 0.25) is 5.02 Å². The van der Waals surface area contributed by atoms with Gasteiger partial charge in [0.2, 0.25) is 5.91 Å². The second-order valence-electron chi connectivity index (χ2n) is 6.45. The number of carbonyl (C=O) groups excluding carboxylic acids is 1. The Kier molecular flexibility index (Phi) is 5.10. The smallest absolute Gasteiger partial charge is 0.244 e. The van der Waals surface area contributed by atoms with Gasteiger partial charge in [0.25, 0.3) is 0 Å². The standard InChI is InChI=1S/C18H18ClFN6O2/c1-10(18(27)26-2-4-28-5-3-26)24-17-14(20)9-23-16(25-17)13-8-22-15-12(13)6-11(19)7-21-15/h6-10H,2-5H2,1H3,(H,21,22)(H,23,24,25)/t10-/m0/s1. The molecule has 8 nitrogen and oxygen atoms in total. The van der Waals surface area contributed by atoms with Gasteiger partial charge in [-0.1, -0.05) is 11.6 Å². The number of ether oxygens (including phenoxy) is 1. The molecule has 1 atom stereocenters. The monoisotopic (exact) mass is 404 g/mol. The number of nitrogens with one attached hydrogen (secondary N) is 2. The number of nitrogens with zero attached hydrogens (tertiary/aromatic N) is 4. The minimum Gasteiger partial charge on any atom is -0.378 e. The number of amides is 1. The van der Waals surface area contributed by atoms with Crippen LogP contribution >= 0.6 is 11.6 Å². The molecule has 4 heterocycles. The van der Waals surface area contributed by atoms with Gasteiger partial charge in [-0.25, -0.2) is 19.3 Å². The average molecular weight is 405 g/mol. The Morgan fingerprint density at radius 2 is 2.14 bits per heavy atom. The van der Waals surface area contributed by atoms with Gasteiger partial charge >= 0.3 is 0 Å². The fourth-order valence-electron chi connectivity index (χ4n) is 3.09. The molecule has 0 unspecified atom stereocenters. The summed E-state index contributed by atoms with van der Waals surface area (Å²) in [5.74, 6) is -0.513. The van der Waals surface area contributed by atoms with Gasteiger partial charge in [-0.15, -0.1) is 0 Å². The van der Waals surface area contributed by atoms with Crippen LogP contribution in [0.15, 0.2) is 24.7 Å². The van der Waals surface area contributed by atoms with Crippen molar-refractivity contribution in [2.75, 3.05) is 31.6 Å². The van der Waals surface area contributed by atoms with E-state index in [9.17, 15) is 9.18 Å². The van der Waals surface area contributed by atoms with Crippen molar-refractivity contribution < 1.29 is 13.9 Å². The first-order chi connectivity index (χ1) is 13.5. The molecule has 3 aromatic rings. The molecule has 1 aliphatic heterocycles. The lowest BCUT2D eigenvalue weighted by atomic mass is 10.2. The van der Waals surface area contributed by atoms with Gasteiger partial charge in [0, 0.05) is 36.4 Å². The number of aromatic nitrogens is 4. The number of anilines is 1. The quantitative estimate of drug-likeness (QED) is 0.693. The van der Waals surface area contributed by atoms with Crippen LogP contribution in [0.3, 0.4) is 0 Å². The highest BCUT2D eigenvalue weighted by Gasteiger charge is 2.24. The molecule has 146 valence electrons. The first-order valence-electron chi connectivity index (χ1n) is 8.81. The van der Waals surface area contributed by atoms with Crippen molar-refractivity contribution in [2.24, 2.45) is 0 Å². The van der Waals surface area contributed by atoms with Crippen LogP contribution in [-0.2, 0) is 9.53 Å². The van der Waals surface area contributed by atoms with Crippen LogP contribution in [0, 0.1) is 5.82 Å². The number of H-pyrrole nitrogens is 1. The van der Waals surface area contributed by atoms with Crippen LogP contribution in [0.1, 0.15) is 6.92 Å². The molecule has 2 N–H and O–H groups in total. The zero-order valence-electron chi connectivity index (χ0n) is 15.1. The summed E-state index contributed by atoms with van der Waals surface area (Å²) in [6.45, 7) is 3.72. The van der Waals surface area contributed by atoms with Gasteiger partial charge in [0.05, 0.1) is 24.4 Å². The molecular weight excluding hydrogens is 387 g/mol. The predicted molar refractivity (Wildman–Crippen MR) is 103 cm³/mol. The van der Waals surface area contributed by atoms with Gasteiger partial charge in [0.15, 0.2) is 17.5 Å². The second-order valence-corrected chi connectivity index (χ2v) is 6.88. The lowest BCUT2D eigenvalue weighted by Gasteiger charge is -2.29. The summed E-state index contributed by atoms with van der Waals surface area (Å²) in [7, 11) is 0. The highest BCUT2D eigenvalue weighted by molar-refractivity contribution is 6.31. The van der Waals surface area contributed by atoms with Crippen molar-refractivity contribution in [3.63, 3.8) is 0 Å². The van der Waals surface area contributed by atoms with E-state index < -0.39 is 11.9 Å². The Morgan fingerprint density at radius 1 is 1.36 bits per heavy atom. The number of aromatic amines is 1. The Bertz CT molecular complexity index is 1020. The molecule has 1 amide bonds. The first kappa shape index (κ1) is 18.6. The summed E-state index contributed by atoms with van der Waals surface area (Å²) in [6.07, 6.45) is 4.29. The van der Waals surface area contributed by atoms with Gasteiger partial charge in [-0.05, 0) is 13.0 Å². The van der Waals surface area contributed by atoms with Gasteiger partial charge < -0.3 is 19.9 Å². The predicted octanol–water partition coefficient (Wildman–Crippen LogP) is 2.47. The number of morpholine rings is 1. The molecule has 0 bridgehead atoms. The van der Waals surface area contributed by atoms with Crippen molar-refractivity contribution in [2.45, 2.75) is 13.0 Å². The van der Waals surface area contributed by atoms with E-state index >= 15 is 0 Å². The lowest BCUT2D eigenvalue weighted by Crippen LogP contribution is -2.47. The maximum Gasteiger partial charge on any atom is 0.244 e. The van der Waals surface area contributed by atoms with Crippen LogP contribution in [0.4, 0.5) is 10.2 Å². The first-order valence-corrected chi connectivity index (χ1v) is 9.19. The number of hydrogen-bond donors (Lipinski definition) is 2. The van der Waals surface area contributed by atoms with Crippen molar-refractivity contribution in [1.29, 1.82) is 0 Å². The van der Waals surface area contributed by atoms with E-state index in [2.05, 4.69) is 25.3 Å². The molecule has 10 heteroatoms. The molecule has 0 spiro atoms. The fraction of sp³-hybridized carbons (Fsp3) is 0.333. The number of fused-ring (bicyclic) bond motifs is 1. The average Bonchev–Trinajstić information content (AvgIpc) is 3.12. The molecule has 28 heavy (non-hydrogen) atoms. The third-order valence-electron chi connectivity index (χ3n) is 4.53.